The van der Waals surface area contributed by atoms with Crippen molar-refractivity contribution in [3.8, 4) is 0 Å². The summed E-state index contributed by atoms with van der Waals surface area (Å²) in [4.78, 5) is 38.4. The van der Waals surface area contributed by atoms with E-state index >= 15 is 0 Å². The maximum absolute atomic E-state index is 12.6. The van der Waals surface area contributed by atoms with E-state index in [1.807, 2.05) is 35.0 Å². The van der Waals surface area contributed by atoms with E-state index in [-0.39, 0.29) is 30.7 Å². The summed E-state index contributed by atoms with van der Waals surface area (Å²) >= 11 is 6.18. The quantitative estimate of drug-likeness (QED) is 0.756. The molecule has 0 unspecified atom stereocenters. The first-order valence-corrected chi connectivity index (χ1v) is 10.2. The number of fused-ring (bicyclic) bond motifs is 1. The second-order valence-corrected chi connectivity index (χ2v) is 8.20. The number of nitrogens with zero attached hydrogens (tertiary/aromatic N) is 2. The lowest BCUT2D eigenvalue weighted by Crippen LogP contribution is -2.37. The molecule has 2 fully saturated rings. The van der Waals surface area contributed by atoms with Crippen molar-refractivity contribution < 1.29 is 14.4 Å². The molecular formula is C21H24ClN3O3. The van der Waals surface area contributed by atoms with Crippen LogP contribution in [0.25, 0.3) is 10.9 Å². The van der Waals surface area contributed by atoms with Crippen molar-refractivity contribution in [2.24, 2.45) is 5.41 Å². The van der Waals surface area contributed by atoms with E-state index in [0.717, 1.165) is 36.6 Å². The second-order valence-electron chi connectivity index (χ2n) is 7.80. The molecule has 148 valence electrons. The minimum absolute atomic E-state index is 0.0708. The van der Waals surface area contributed by atoms with Crippen LogP contribution in [0.15, 0.2) is 30.5 Å². The van der Waals surface area contributed by atoms with Crippen LogP contribution in [0.3, 0.4) is 0 Å². The van der Waals surface area contributed by atoms with E-state index in [9.17, 15) is 14.4 Å². The SMILES string of the molecule is O=C(CCN1C(=O)CC2(CCCC2)C1=O)NCCn1ccc2c(Cl)cccc21. The first-order chi connectivity index (χ1) is 13.5. The van der Waals surface area contributed by atoms with Crippen LogP contribution >= 0.6 is 11.6 Å². The molecule has 7 heteroatoms. The molecule has 0 radical (unpaired) electrons. The van der Waals surface area contributed by atoms with Crippen molar-refractivity contribution in [3.63, 3.8) is 0 Å². The zero-order valence-electron chi connectivity index (χ0n) is 15.7. The molecule has 1 aliphatic carbocycles. The Morgan fingerprint density at radius 1 is 1.14 bits per heavy atom. The highest BCUT2D eigenvalue weighted by atomic mass is 35.5. The molecule has 2 aliphatic rings. The van der Waals surface area contributed by atoms with E-state index in [1.165, 1.54) is 4.90 Å². The van der Waals surface area contributed by atoms with Gasteiger partial charge in [-0.15, -0.1) is 0 Å². The average Bonchev–Trinajstić information content (AvgIpc) is 3.35. The van der Waals surface area contributed by atoms with Crippen molar-refractivity contribution in [3.05, 3.63) is 35.5 Å². The van der Waals surface area contributed by atoms with Gasteiger partial charge in [-0.3, -0.25) is 19.3 Å². The predicted octanol–water partition coefficient (Wildman–Crippen LogP) is 3.12. The number of nitrogens with one attached hydrogen (secondary N) is 1. The maximum Gasteiger partial charge on any atom is 0.235 e. The molecule has 2 aromatic rings. The van der Waals surface area contributed by atoms with Crippen LogP contribution in [0.4, 0.5) is 0 Å². The predicted molar refractivity (Wildman–Crippen MR) is 107 cm³/mol. The molecule has 3 amide bonds. The molecule has 1 saturated heterocycles. The van der Waals surface area contributed by atoms with Gasteiger partial charge >= 0.3 is 0 Å². The van der Waals surface area contributed by atoms with Gasteiger partial charge in [0.2, 0.25) is 17.7 Å². The van der Waals surface area contributed by atoms with Gasteiger partial charge in [-0.05, 0) is 31.0 Å². The normalized spacial score (nSPS) is 18.5. The molecule has 1 aliphatic heterocycles. The average molecular weight is 402 g/mol. The van der Waals surface area contributed by atoms with Gasteiger partial charge in [0.25, 0.3) is 0 Å². The third kappa shape index (κ3) is 3.41. The zero-order chi connectivity index (χ0) is 19.7. The van der Waals surface area contributed by atoms with Crippen LogP contribution in [-0.2, 0) is 20.9 Å². The number of carbonyl (C=O) groups is 3. The van der Waals surface area contributed by atoms with E-state index < -0.39 is 5.41 Å². The van der Waals surface area contributed by atoms with Gasteiger partial charge in [0.15, 0.2) is 0 Å². The molecule has 4 rings (SSSR count). The third-order valence-electron chi connectivity index (χ3n) is 6.05. The molecule has 1 saturated carbocycles. The zero-order valence-corrected chi connectivity index (χ0v) is 16.5. The van der Waals surface area contributed by atoms with Crippen molar-refractivity contribution in [1.82, 2.24) is 14.8 Å². The number of hydrogen-bond donors (Lipinski definition) is 1. The molecule has 1 spiro atoms. The Kier molecular flexibility index (Phi) is 5.15. The summed E-state index contributed by atoms with van der Waals surface area (Å²) in [6, 6.07) is 7.71. The van der Waals surface area contributed by atoms with Gasteiger partial charge in [0, 0.05) is 54.6 Å². The highest BCUT2D eigenvalue weighted by Gasteiger charge is 2.52. The number of amides is 3. The van der Waals surface area contributed by atoms with Crippen LogP contribution in [0.1, 0.15) is 38.5 Å². The third-order valence-corrected chi connectivity index (χ3v) is 6.38. The number of carbonyl (C=O) groups excluding carboxylic acids is 3. The summed E-state index contributed by atoms with van der Waals surface area (Å²) in [7, 11) is 0. The topological polar surface area (TPSA) is 71.4 Å². The van der Waals surface area contributed by atoms with Crippen molar-refractivity contribution in [2.45, 2.75) is 45.1 Å². The summed E-state index contributed by atoms with van der Waals surface area (Å²) in [5, 5.41) is 4.57. The number of aromatic nitrogens is 1. The second kappa shape index (κ2) is 7.59. The molecule has 1 aromatic heterocycles. The lowest BCUT2D eigenvalue weighted by atomic mass is 9.84. The van der Waals surface area contributed by atoms with E-state index in [1.54, 1.807) is 0 Å². The molecule has 0 atom stereocenters. The first kappa shape index (κ1) is 19.0. The smallest absolute Gasteiger partial charge is 0.235 e. The first-order valence-electron chi connectivity index (χ1n) is 9.85. The standard InChI is InChI=1S/C21H24ClN3O3/c22-16-4-3-5-17-15(16)6-11-24(17)13-10-23-18(26)7-12-25-19(27)14-21(20(25)28)8-1-2-9-21/h3-6,11H,1-2,7-10,12-14H2,(H,23,26). The molecule has 0 bridgehead atoms. The van der Waals surface area contributed by atoms with Crippen LogP contribution in [-0.4, -0.2) is 40.3 Å². The summed E-state index contributed by atoms with van der Waals surface area (Å²) in [6.07, 6.45) is 6.03. The fourth-order valence-electron chi connectivity index (χ4n) is 4.53. The maximum atomic E-state index is 12.6. The molecule has 1 N–H and O–H groups in total. The van der Waals surface area contributed by atoms with Gasteiger partial charge in [0.1, 0.15) is 0 Å². The number of hydrogen-bond acceptors (Lipinski definition) is 3. The Morgan fingerprint density at radius 2 is 1.93 bits per heavy atom. The summed E-state index contributed by atoms with van der Waals surface area (Å²) in [5.74, 6) is -0.351. The van der Waals surface area contributed by atoms with Crippen molar-refractivity contribution in [2.75, 3.05) is 13.1 Å². The largest absolute Gasteiger partial charge is 0.354 e. The lowest BCUT2D eigenvalue weighted by Gasteiger charge is -2.20. The Bertz CT molecular complexity index is 930. The molecular weight excluding hydrogens is 378 g/mol. The summed E-state index contributed by atoms with van der Waals surface area (Å²) in [5.41, 5.74) is 0.557. The highest BCUT2D eigenvalue weighted by molar-refractivity contribution is 6.35. The van der Waals surface area contributed by atoms with E-state index in [0.29, 0.717) is 24.5 Å². The lowest BCUT2D eigenvalue weighted by molar-refractivity contribution is -0.141. The Morgan fingerprint density at radius 3 is 2.71 bits per heavy atom. The summed E-state index contributed by atoms with van der Waals surface area (Å²) < 4.78 is 2.04. The van der Waals surface area contributed by atoms with Crippen LogP contribution in [0.5, 0.6) is 0 Å². The number of benzene rings is 1. The molecule has 1 aromatic carbocycles. The van der Waals surface area contributed by atoms with Gasteiger partial charge in [-0.1, -0.05) is 30.5 Å². The van der Waals surface area contributed by atoms with Gasteiger partial charge < -0.3 is 9.88 Å². The molecule has 2 heterocycles. The number of likely N-dealkylation sites (tertiary alicyclic amines) is 1. The van der Waals surface area contributed by atoms with Crippen molar-refractivity contribution >= 4 is 40.2 Å². The minimum Gasteiger partial charge on any atom is -0.354 e. The van der Waals surface area contributed by atoms with Crippen LogP contribution in [0.2, 0.25) is 5.02 Å². The van der Waals surface area contributed by atoms with E-state index in [4.69, 9.17) is 11.6 Å². The van der Waals surface area contributed by atoms with E-state index in [2.05, 4.69) is 5.32 Å². The molecule has 6 nitrogen and oxygen atoms in total. The van der Waals surface area contributed by atoms with Crippen LogP contribution in [0, 0.1) is 5.41 Å². The Labute approximate surface area is 168 Å². The Balaban J connectivity index is 1.26. The summed E-state index contributed by atoms with van der Waals surface area (Å²) in [6.45, 7) is 1.27. The monoisotopic (exact) mass is 401 g/mol. The van der Waals surface area contributed by atoms with Gasteiger partial charge in [-0.25, -0.2) is 0 Å². The fourth-order valence-corrected chi connectivity index (χ4v) is 4.76. The number of imide groups is 1. The highest BCUT2D eigenvalue weighted by Crippen LogP contribution is 2.46. The van der Waals surface area contributed by atoms with Gasteiger partial charge in [0.05, 0.1) is 5.41 Å². The van der Waals surface area contributed by atoms with Crippen LogP contribution < -0.4 is 5.32 Å². The number of rotatable bonds is 6. The Hall–Kier alpha value is -2.34. The van der Waals surface area contributed by atoms with Gasteiger partial charge in [-0.2, -0.15) is 0 Å². The minimum atomic E-state index is -0.468. The number of halogens is 1. The van der Waals surface area contributed by atoms with Crippen molar-refractivity contribution in [1.29, 1.82) is 0 Å². The fraction of sp³-hybridized carbons (Fsp3) is 0.476. The molecule has 28 heavy (non-hydrogen) atoms.